The molecule has 1 aromatic heterocycles. The van der Waals surface area contributed by atoms with E-state index < -0.39 is 12.7 Å². The highest BCUT2D eigenvalue weighted by Crippen LogP contribution is 2.23. The summed E-state index contributed by atoms with van der Waals surface area (Å²) in [5.74, 6) is -0.255. The summed E-state index contributed by atoms with van der Waals surface area (Å²) in [5, 5.41) is 7.17. The molecule has 0 fully saturated rings. The number of hydrogen-bond donors (Lipinski definition) is 1. The van der Waals surface area contributed by atoms with Crippen molar-refractivity contribution in [2.24, 2.45) is 0 Å². The number of aryl methyl sites for hydroxylation is 1. The number of amides is 1. The highest BCUT2D eigenvalue weighted by Gasteiger charge is 2.28. The molecular formula is C18H22BrF3N4O. The van der Waals surface area contributed by atoms with Crippen molar-refractivity contribution in [3.8, 4) is 5.69 Å². The number of halogens is 4. The largest absolute Gasteiger partial charge is 0.401 e. The first-order chi connectivity index (χ1) is 12.6. The molecule has 0 atom stereocenters. The van der Waals surface area contributed by atoms with Crippen molar-refractivity contribution in [1.29, 1.82) is 0 Å². The molecule has 9 heteroatoms. The fraction of sp³-hybridized carbons (Fsp3) is 0.444. The molecule has 27 heavy (non-hydrogen) atoms. The number of rotatable bonds is 7. The average Bonchev–Trinajstić information content (AvgIpc) is 2.84. The van der Waals surface area contributed by atoms with Crippen LogP contribution in [0.3, 0.4) is 0 Å². The van der Waals surface area contributed by atoms with Gasteiger partial charge < -0.3 is 5.32 Å². The van der Waals surface area contributed by atoms with Gasteiger partial charge in [-0.05, 0) is 74.1 Å². The van der Waals surface area contributed by atoms with Crippen LogP contribution in [0.2, 0.25) is 0 Å². The number of benzene rings is 1. The van der Waals surface area contributed by atoms with Gasteiger partial charge in [-0.1, -0.05) is 0 Å². The monoisotopic (exact) mass is 446 g/mol. The van der Waals surface area contributed by atoms with Crippen LogP contribution in [0.4, 0.5) is 13.2 Å². The van der Waals surface area contributed by atoms with Crippen molar-refractivity contribution >= 4 is 21.8 Å². The Balaban J connectivity index is 1.86. The van der Waals surface area contributed by atoms with Gasteiger partial charge >= 0.3 is 6.18 Å². The summed E-state index contributed by atoms with van der Waals surface area (Å²) in [6, 6.07) is 7.01. The van der Waals surface area contributed by atoms with Gasteiger partial charge in [0.05, 0.1) is 28.1 Å². The zero-order valence-electron chi connectivity index (χ0n) is 15.4. The van der Waals surface area contributed by atoms with Crippen LogP contribution in [0.5, 0.6) is 0 Å². The summed E-state index contributed by atoms with van der Waals surface area (Å²) in [6.07, 6.45) is -3.77. The Bertz CT molecular complexity index is 787. The molecule has 148 valence electrons. The predicted octanol–water partition coefficient (Wildman–Crippen LogP) is 3.87. The van der Waals surface area contributed by atoms with Crippen LogP contribution in [0.1, 0.15) is 28.2 Å². The Kier molecular flexibility index (Phi) is 7.05. The van der Waals surface area contributed by atoms with Crippen LogP contribution in [0.25, 0.3) is 5.69 Å². The minimum atomic E-state index is -4.21. The summed E-state index contributed by atoms with van der Waals surface area (Å²) in [6.45, 7) is 3.46. The van der Waals surface area contributed by atoms with Gasteiger partial charge in [0.1, 0.15) is 0 Å². The average molecular weight is 447 g/mol. The van der Waals surface area contributed by atoms with Gasteiger partial charge in [-0.2, -0.15) is 18.3 Å². The summed E-state index contributed by atoms with van der Waals surface area (Å²) >= 11 is 3.48. The summed E-state index contributed by atoms with van der Waals surface area (Å²) in [4.78, 5) is 13.3. The fourth-order valence-corrected chi connectivity index (χ4v) is 2.91. The third-order valence-electron chi connectivity index (χ3n) is 4.03. The van der Waals surface area contributed by atoms with Crippen LogP contribution in [0.15, 0.2) is 28.7 Å². The van der Waals surface area contributed by atoms with Crippen molar-refractivity contribution in [2.75, 3.05) is 26.7 Å². The molecule has 2 rings (SSSR count). The fourth-order valence-electron chi connectivity index (χ4n) is 2.67. The van der Waals surface area contributed by atoms with Crippen LogP contribution in [-0.4, -0.2) is 53.4 Å². The molecule has 0 bridgehead atoms. The molecular weight excluding hydrogens is 425 g/mol. The van der Waals surface area contributed by atoms with E-state index in [4.69, 9.17) is 0 Å². The molecule has 1 heterocycles. The van der Waals surface area contributed by atoms with E-state index in [-0.39, 0.29) is 12.5 Å². The third-order valence-corrected chi connectivity index (χ3v) is 5.18. The number of carbonyl (C=O) groups is 1. The van der Waals surface area contributed by atoms with Crippen molar-refractivity contribution in [3.05, 3.63) is 45.7 Å². The van der Waals surface area contributed by atoms with E-state index in [0.29, 0.717) is 18.5 Å². The molecule has 0 aliphatic heterocycles. The van der Waals surface area contributed by atoms with Crippen molar-refractivity contribution in [1.82, 2.24) is 20.0 Å². The second-order valence-corrected chi connectivity index (χ2v) is 7.20. The topological polar surface area (TPSA) is 50.2 Å². The Hall–Kier alpha value is -1.87. The SMILES string of the molecule is Cc1nn(-c2ccc(C(=O)NCCCN(C)CC(F)(F)F)cc2)c(C)c1Br. The molecule has 5 nitrogen and oxygen atoms in total. The molecule has 2 aromatic rings. The van der Waals surface area contributed by atoms with E-state index in [2.05, 4.69) is 26.3 Å². The Labute approximate surface area is 164 Å². The zero-order valence-corrected chi connectivity index (χ0v) is 17.0. The number of nitrogens with one attached hydrogen (secondary N) is 1. The molecule has 0 saturated carbocycles. The number of alkyl halides is 3. The maximum absolute atomic E-state index is 12.2. The zero-order chi connectivity index (χ0) is 20.2. The van der Waals surface area contributed by atoms with Crippen molar-refractivity contribution in [2.45, 2.75) is 26.4 Å². The van der Waals surface area contributed by atoms with Crippen LogP contribution in [0, 0.1) is 13.8 Å². The molecule has 1 amide bonds. The van der Waals surface area contributed by atoms with E-state index in [1.807, 2.05) is 13.8 Å². The maximum atomic E-state index is 12.2. The number of carbonyl (C=O) groups excluding carboxylic acids is 1. The minimum absolute atomic E-state index is 0.255. The van der Waals surface area contributed by atoms with Gasteiger partial charge in [0, 0.05) is 12.1 Å². The maximum Gasteiger partial charge on any atom is 0.401 e. The van der Waals surface area contributed by atoms with Gasteiger partial charge in [-0.15, -0.1) is 0 Å². The molecule has 1 N–H and O–H groups in total. The van der Waals surface area contributed by atoms with E-state index in [0.717, 1.165) is 21.5 Å². The number of aromatic nitrogens is 2. The molecule has 0 unspecified atom stereocenters. The van der Waals surface area contributed by atoms with E-state index >= 15 is 0 Å². The van der Waals surface area contributed by atoms with Crippen LogP contribution >= 0.6 is 15.9 Å². The first kappa shape index (κ1) is 21.4. The smallest absolute Gasteiger partial charge is 0.352 e. The van der Waals surface area contributed by atoms with Gasteiger partial charge in [0.15, 0.2) is 0 Å². The summed E-state index contributed by atoms with van der Waals surface area (Å²) in [5.41, 5.74) is 3.17. The molecule has 0 spiro atoms. The van der Waals surface area contributed by atoms with E-state index in [1.54, 1.807) is 28.9 Å². The first-order valence-electron chi connectivity index (χ1n) is 8.44. The molecule has 1 aromatic carbocycles. The Morgan fingerprint density at radius 1 is 1.26 bits per heavy atom. The summed E-state index contributed by atoms with van der Waals surface area (Å²) < 4.78 is 39.5. The lowest BCUT2D eigenvalue weighted by Crippen LogP contribution is -2.33. The minimum Gasteiger partial charge on any atom is -0.352 e. The van der Waals surface area contributed by atoms with E-state index in [9.17, 15) is 18.0 Å². The highest BCUT2D eigenvalue weighted by atomic mass is 79.9. The lowest BCUT2D eigenvalue weighted by molar-refractivity contribution is -0.143. The molecule has 0 aliphatic carbocycles. The lowest BCUT2D eigenvalue weighted by Gasteiger charge is -2.18. The van der Waals surface area contributed by atoms with Gasteiger partial charge in [0.2, 0.25) is 0 Å². The first-order valence-corrected chi connectivity index (χ1v) is 9.23. The Morgan fingerprint density at radius 2 is 1.89 bits per heavy atom. The van der Waals surface area contributed by atoms with Crippen LogP contribution in [-0.2, 0) is 0 Å². The number of nitrogens with zero attached hydrogens (tertiary/aromatic N) is 3. The quantitative estimate of drug-likeness (QED) is 0.656. The van der Waals surface area contributed by atoms with Gasteiger partial charge in [-0.25, -0.2) is 4.68 Å². The van der Waals surface area contributed by atoms with E-state index in [1.165, 1.54) is 11.9 Å². The lowest BCUT2D eigenvalue weighted by atomic mass is 10.2. The molecule has 0 radical (unpaired) electrons. The number of hydrogen-bond acceptors (Lipinski definition) is 3. The Morgan fingerprint density at radius 3 is 2.41 bits per heavy atom. The highest BCUT2D eigenvalue weighted by molar-refractivity contribution is 9.10. The van der Waals surface area contributed by atoms with Crippen molar-refractivity contribution in [3.63, 3.8) is 0 Å². The third kappa shape index (κ3) is 6.07. The van der Waals surface area contributed by atoms with Gasteiger partial charge in [0.25, 0.3) is 5.91 Å². The second kappa shape index (κ2) is 8.88. The standard InChI is InChI=1S/C18H22BrF3N4O/c1-12-16(19)13(2)26(24-12)15-7-5-14(6-8-15)17(27)23-9-4-10-25(3)11-18(20,21)22/h5-8H,4,9-11H2,1-3H3,(H,23,27). The summed E-state index contributed by atoms with van der Waals surface area (Å²) in [7, 11) is 1.41. The second-order valence-electron chi connectivity index (χ2n) is 6.41. The molecule has 0 saturated heterocycles. The normalized spacial score (nSPS) is 11.9. The predicted molar refractivity (Wildman–Crippen MR) is 101 cm³/mol. The van der Waals surface area contributed by atoms with Gasteiger partial charge in [-0.3, -0.25) is 9.69 Å². The van der Waals surface area contributed by atoms with Crippen molar-refractivity contribution < 1.29 is 18.0 Å². The molecule has 0 aliphatic rings. The van der Waals surface area contributed by atoms with Crippen LogP contribution < -0.4 is 5.32 Å².